The van der Waals surface area contributed by atoms with Crippen LogP contribution in [0.15, 0.2) is 24.1 Å². The van der Waals surface area contributed by atoms with Crippen molar-refractivity contribution in [2.24, 2.45) is 5.73 Å². The summed E-state index contributed by atoms with van der Waals surface area (Å²) in [7, 11) is 0. The highest BCUT2D eigenvalue weighted by atomic mass is 32.1. The van der Waals surface area contributed by atoms with Gasteiger partial charge in [-0.05, 0) is 57.5 Å². The number of thiophene rings is 1. The summed E-state index contributed by atoms with van der Waals surface area (Å²) >= 11 is 1.87. The van der Waals surface area contributed by atoms with Crippen LogP contribution >= 0.6 is 11.3 Å². The predicted octanol–water partition coefficient (Wildman–Crippen LogP) is 4.69. The van der Waals surface area contributed by atoms with Gasteiger partial charge in [0, 0.05) is 22.4 Å². The Bertz CT molecular complexity index is 521. The Morgan fingerprint density at radius 1 is 1.08 bits per heavy atom. The van der Waals surface area contributed by atoms with Gasteiger partial charge in [0.05, 0.1) is 0 Å². The molecule has 1 aliphatic heterocycles. The van der Waals surface area contributed by atoms with E-state index in [1.54, 1.807) is 0 Å². The summed E-state index contributed by atoms with van der Waals surface area (Å²) in [5.74, 6) is 0.533. The number of hydrogen-bond donors (Lipinski definition) is 1. The molecule has 5 heteroatoms. The second-order valence-electron chi connectivity index (χ2n) is 6.81. The molecule has 25 heavy (non-hydrogen) atoms. The van der Waals surface area contributed by atoms with Gasteiger partial charge in [0.15, 0.2) is 0 Å². The normalized spacial score (nSPS) is 17.9. The molecule has 0 fully saturated rings. The van der Waals surface area contributed by atoms with E-state index < -0.39 is 0 Å². The third-order valence-corrected chi connectivity index (χ3v) is 5.99. The monoisotopic (exact) mass is 365 g/mol. The Labute approximate surface area is 157 Å². The van der Waals surface area contributed by atoms with Gasteiger partial charge < -0.3 is 15.5 Å². The zero-order valence-corrected chi connectivity index (χ0v) is 17.0. The van der Waals surface area contributed by atoms with E-state index in [0.717, 1.165) is 25.9 Å². The number of hydrogen-bond acceptors (Lipinski definition) is 5. The van der Waals surface area contributed by atoms with Crippen LogP contribution < -0.4 is 5.73 Å². The molecular weight excluding hydrogens is 330 g/mol. The molecule has 1 aromatic rings. The summed E-state index contributed by atoms with van der Waals surface area (Å²) in [6, 6.07) is 4.61. The molecule has 1 unspecified atom stereocenters. The van der Waals surface area contributed by atoms with E-state index in [-0.39, 0.29) is 6.04 Å². The predicted molar refractivity (Wildman–Crippen MR) is 107 cm³/mol. The van der Waals surface area contributed by atoms with Crippen molar-refractivity contribution in [1.29, 1.82) is 0 Å². The molecule has 0 aliphatic carbocycles. The van der Waals surface area contributed by atoms with Gasteiger partial charge in [0.2, 0.25) is 5.88 Å². The second kappa shape index (κ2) is 10.8. The Balaban J connectivity index is 1.85. The van der Waals surface area contributed by atoms with Crippen molar-refractivity contribution in [2.45, 2.75) is 65.3 Å². The smallest absolute Gasteiger partial charge is 0.207 e. The second-order valence-corrected chi connectivity index (χ2v) is 8.01. The number of nitrogens with zero attached hydrogens (tertiary/aromatic N) is 2. The summed E-state index contributed by atoms with van der Waals surface area (Å²) in [5, 5.41) is 2.05. The summed E-state index contributed by atoms with van der Waals surface area (Å²) < 4.78 is 0. The van der Waals surface area contributed by atoms with Gasteiger partial charge in [-0.3, -0.25) is 0 Å². The molecule has 2 heterocycles. The minimum atomic E-state index is 0.171. The topological polar surface area (TPSA) is 41.7 Å². The van der Waals surface area contributed by atoms with E-state index in [1.165, 1.54) is 48.5 Å². The van der Waals surface area contributed by atoms with Crippen molar-refractivity contribution >= 4 is 11.3 Å². The molecule has 2 rings (SSSR count). The maximum atomic E-state index is 5.95. The minimum absolute atomic E-state index is 0.171. The quantitative estimate of drug-likeness (QED) is 0.583. The summed E-state index contributed by atoms with van der Waals surface area (Å²) in [5.41, 5.74) is 5.95. The Kier molecular flexibility index (Phi) is 8.79. The molecule has 0 radical (unpaired) electrons. The first-order valence-electron chi connectivity index (χ1n) is 9.90. The van der Waals surface area contributed by atoms with Crippen molar-refractivity contribution in [2.75, 3.05) is 26.2 Å². The SMILES string of the molecule is CCCCN(CCCC)CCCN1OC(N)=CC1c1ccc(CC)s1. The fourth-order valence-corrected chi connectivity index (χ4v) is 4.19. The van der Waals surface area contributed by atoms with Crippen LogP contribution in [0.1, 0.15) is 68.7 Å². The number of aryl methyl sites for hydroxylation is 1. The summed E-state index contributed by atoms with van der Waals surface area (Å²) in [4.78, 5) is 11.1. The standard InChI is InChI=1S/C20H35N3OS/c1-4-7-12-22(13-8-5-2)14-9-15-23-18(16-20(21)24-23)19-11-10-17(6-3)25-19/h10-11,16,18H,4-9,12-15,21H2,1-3H3. The molecule has 2 N–H and O–H groups in total. The van der Waals surface area contributed by atoms with Crippen molar-refractivity contribution in [3.05, 3.63) is 33.8 Å². The zero-order chi connectivity index (χ0) is 18.1. The van der Waals surface area contributed by atoms with E-state index in [9.17, 15) is 0 Å². The van der Waals surface area contributed by atoms with Crippen LogP contribution in [0.2, 0.25) is 0 Å². The van der Waals surface area contributed by atoms with Gasteiger partial charge >= 0.3 is 0 Å². The molecule has 1 aromatic heterocycles. The van der Waals surface area contributed by atoms with Crippen LogP contribution in [0.25, 0.3) is 0 Å². The highest BCUT2D eigenvalue weighted by Gasteiger charge is 2.28. The fraction of sp³-hybridized carbons (Fsp3) is 0.700. The molecule has 0 saturated carbocycles. The van der Waals surface area contributed by atoms with Crippen molar-refractivity contribution in [1.82, 2.24) is 9.96 Å². The van der Waals surface area contributed by atoms with Gasteiger partial charge in [0.25, 0.3) is 0 Å². The third-order valence-electron chi connectivity index (χ3n) is 4.69. The van der Waals surface area contributed by atoms with Gasteiger partial charge in [-0.15, -0.1) is 16.4 Å². The lowest BCUT2D eigenvalue weighted by atomic mass is 10.2. The molecule has 0 spiro atoms. The molecule has 0 aromatic carbocycles. The average molecular weight is 366 g/mol. The highest BCUT2D eigenvalue weighted by molar-refractivity contribution is 7.12. The lowest BCUT2D eigenvalue weighted by Crippen LogP contribution is -2.31. The molecule has 142 valence electrons. The average Bonchev–Trinajstić information content (AvgIpc) is 3.23. The Hall–Kier alpha value is -1.04. The van der Waals surface area contributed by atoms with E-state index in [4.69, 9.17) is 10.6 Å². The van der Waals surface area contributed by atoms with Gasteiger partial charge in [-0.2, -0.15) is 0 Å². The number of nitrogens with two attached hydrogens (primary N) is 1. The van der Waals surface area contributed by atoms with Crippen LogP contribution in [0.5, 0.6) is 0 Å². The van der Waals surface area contributed by atoms with E-state index in [2.05, 4.69) is 42.9 Å². The number of rotatable bonds is 12. The van der Waals surface area contributed by atoms with Crippen LogP contribution in [0.4, 0.5) is 0 Å². The van der Waals surface area contributed by atoms with Crippen LogP contribution in [-0.2, 0) is 11.3 Å². The molecule has 4 nitrogen and oxygen atoms in total. The molecule has 0 amide bonds. The van der Waals surface area contributed by atoms with Crippen molar-refractivity contribution in [3.8, 4) is 0 Å². The lowest BCUT2D eigenvalue weighted by Gasteiger charge is -2.25. The molecule has 0 saturated heterocycles. The zero-order valence-electron chi connectivity index (χ0n) is 16.2. The summed E-state index contributed by atoms with van der Waals surface area (Å²) in [6.07, 6.45) is 9.33. The molecule has 1 aliphatic rings. The first-order valence-corrected chi connectivity index (χ1v) is 10.7. The largest absolute Gasteiger partial charge is 0.388 e. The lowest BCUT2D eigenvalue weighted by molar-refractivity contribution is -0.120. The maximum absolute atomic E-state index is 5.95. The minimum Gasteiger partial charge on any atom is -0.388 e. The van der Waals surface area contributed by atoms with Crippen LogP contribution in [-0.4, -0.2) is 36.1 Å². The number of hydroxylamine groups is 2. The molecular formula is C20H35N3OS. The number of unbranched alkanes of at least 4 members (excludes halogenated alkanes) is 2. The highest BCUT2D eigenvalue weighted by Crippen LogP contribution is 2.34. The van der Waals surface area contributed by atoms with Gasteiger partial charge in [-0.25, -0.2) is 0 Å². The van der Waals surface area contributed by atoms with Gasteiger partial charge in [-0.1, -0.05) is 33.6 Å². The Morgan fingerprint density at radius 3 is 2.36 bits per heavy atom. The fourth-order valence-electron chi connectivity index (χ4n) is 3.16. The van der Waals surface area contributed by atoms with Crippen LogP contribution in [0, 0.1) is 0 Å². The van der Waals surface area contributed by atoms with Crippen LogP contribution in [0.3, 0.4) is 0 Å². The molecule has 1 atom stereocenters. The summed E-state index contributed by atoms with van der Waals surface area (Å²) in [6.45, 7) is 11.2. The van der Waals surface area contributed by atoms with Crippen molar-refractivity contribution < 1.29 is 4.84 Å². The van der Waals surface area contributed by atoms with Gasteiger partial charge in [0.1, 0.15) is 6.04 Å². The Morgan fingerprint density at radius 2 is 1.76 bits per heavy atom. The van der Waals surface area contributed by atoms with Crippen molar-refractivity contribution in [3.63, 3.8) is 0 Å². The van der Waals surface area contributed by atoms with E-state index in [0.29, 0.717) is 5.88 Å². The van der Waals surface area contributed by atoms with E-state index in [1.807, 2.05) is 17.4 Å². The first-order chi connectivity index (χ1) is 12.2. The first kappa shape index (κ1) is 20.3. The molecule has 0 bridgehead atoms. The van der Waals surface area contributed by atoms with E-state index >= 15 is 0 Å². The maximum Gasteiger partial charge on any atom is 0.207 e. The third kappa shape index (κ3) is 6.32.